The third-order valence-electron chi connectivity index (χ3n) is 5.33. The summed E-state index contributed by atoms with van der Waals surface area (Å²) in [5, 5.41) is 3.94. The molecule has 8 heteroatoms. The number of aryl methyl sites for hydroxylation is 1. The molecule has 30 heavy (non-hydrogen) atoms. The van der Waals surface area contributed by atoms with Crippen molar-refractivity contribution in [2.24, 2.45) is 0 Å². The molecule has 1 aromatic carbocycles. The first-order valence-electron chi connectivity index (χ1n) is 10.4. The van der Waals surface area contributed by atoms with Gasteiger partial charge in [0.2, 0.25) is 5.91 Å². The minimum Gasteiger partial charge on any atom is -0.384 e. The number of rotatable bonds is 8. The summed E-state index contributed by atoms with van der Waals surface area (Å²) in [7, 11) is 1.68. The highest BCUT2D eigenvalue weighted by Crippen LogP contribution is 2.34. The van der Waals surface area contributed by atoms with E-state index in [1.807, 2.05) is 30.3 Å². The zero-order valence-corrected chi connectivity index (χ0v) is 18.2. The number of amides is 1. The van der Waals surface area contributed by atoms with Gasteiger partial charge < -0.3 is 15.0 Å². The molecule has 0 saturated carbocycles. The lowest BCUT2D eigenvalue weighted by Crippen LogP contribution is -2.43. The Balaban J connectivity index is 1.53. The third-order valence-corrected chi connectivity index (χ3v) is 6.47. The number of carbonyl (C=O) groups is 1. The monoisotopic (exact) mass is 425 g/mol. The van der Waals surface area contributed by atoms with Crippen LogP contribution in [0.15, 0.2) is 30.3 Å². The Kier molecular flexibility index (Phi) is 6.54. The van der Waals surface area contributed by atoms with E-state index in [1.165, 1.54) is 0 Å². The quantitative estimate of drug-likeness (QED) is 0.597. The Morgan fingerprint density at radius 3 is 2.87 bits per heavy atom. The highest BCUT2D eigenvalue weighted by atomic mass is 32.1. The molecule has 3 aromatic rings. The maximum atomic E-state index is 12.9. The molecule has 1 aliphatic rings. The van der Waals surface area contributed by atoms with Crippen molar-refractivity contribution in [3.05, 3.63) is 47.4 Å². The molecule has 1 fully saturated rings. The van der Waals surface area contributed by atoms with E-state index >= 15 is 0 Å². The van der Waals surface area contributed by atoms with E-state index in [0.717, 1.165) is 58.4 Å². The molecule has 7 nitrogen and oxygen atoms in total. The van der Waals surface area contributed by atoms with Crippen molar-refractivity contribution >= 4 is 32.7 Å². The molecular formula is C22H27N5O2S. The number of carbonyl (C=O) groups excluding carboxylic acids is 1. The Morgan fingerprint density at radius 1 is 1.27 bits per heavy atom. The van der Waals surface area contributed by atoms with Gasteiger partial charge in [0.1, 0.15) is 11.9 Å². The van der Waals surface area contributed by atoms with Gasteiger partial charge in [-0.3, -0.25) is 4.79 Å². The number of hydrogen-bond acceptors (Lipinski definition) is 7. The maximum Gasteiger partial charge on any atom is 0.243 e. The largest absolute Gasteiger partial charge is 0.384 e. The minimum atomic E-state index is -0.194. The van der Waals surface area contributed by atoms with Crippen LogP contribution < -0.4 is 10.2 Å². The topological polar surface area (TPSA) is 80.2 Å². The zero-order chi connectivity index (χ0) is 20.9. The van der Waals surface area contributed by atoms with Crippen molar-refractivity contribution in [3.63, 3.8) is 0 Å². The number of benzene rings is 1. The maximum absolute atomic E-state index is 12.9. The standard InChI is InChI=1S/C22H27N5O2S/c1-3-16-19-20(25-18(24-16)11-13-29-2)26-22(30-19)27-12-7-10-17(27)21(28)23-14-15-8-5-4-6-9-15/h4-6,8-9,17H,3,7,10-14H2,1-2H3,(H,23,28)/t17-/m1/s1. The summed E-state index contributed by atoms with van der Waals surface area (Å²) in [6.45, 7) is 4.05. The molecule has 3 heterocycles. The number of fused-ring (bicyclic) bond motifs is 1. The van der Waals surface area contributed by atoms with Crippen molar-refractivity contribution < 1.29 is 9.53 Å². The molecule has 1 aliphatic heterocycles. The van der Waals surface area contributed by atoms with E-state index < -0.39 is 0 Å². The van der Waals surface area contributed by atoms with Gasteiger partial charge in [-0.15, -0.1) is 0 Å². The van der Waals surface area contributed by atoms with Gasteiger partial charge in [-0.25, -0.2) is 9.97 Å². The number of anilines is 1. The first-order chi connectivity index (χ1) is 14.7. The lowest BCUT2D eigenvalue weighted by molar-refractivity contribution is -0.122. The van der Waals surface area contributed by atoms with Gasteiger partial charge in [0.25, 0.3) is 0 Å². The number of ether oxygens (including phenoxy) is 1. The van der Waals surface area contributed by atoms with Crippen LogP contribution in [0.3, 0.4) is 0 Å². The molecular weight excluding hydrogens is 398 g/mol. The van der Waals surface area contributed by atoms with Gasteiger partial charge >= 0.3 is 0 Å². The molecule has 1 atom stereocenters. The smallest absolute Gasteiger partial charge is 0.243 e. The molecule has 0 radical (unpaired) electrons. The number of aromatic nitrogens is 3. The summed E-state index contributed by atoms with van der Waals surface area (Å²) in [6.07, 6.45) is 3.30. The van der Waals surface area contributed by atoms with Crippen LogP contribution >= 0.6 is 11.3 Å². The molecule has 1 N–H and O–H groups in total. The van der Waals surface area contributed by atoms with Gasteiger partial charge in [0, 0.05) is 26.6 Å². The van der Waals surface area contributed by atoms with Crippen LogP contribution in [0.1, 0.15) is 36.8 Å². The summed E-state index contributed by atoms with van der Waals surface area (Å²) in [4.78, 5) is 29.2. The van der Waals surface area contributed by atoms with E-state index in [0.29, 0.717) is 19.6 Å². The normalized spacial score (nSPS) is 16.3. The van der Waals surface area contributed by atoms with E-state index in [-0.39, 0.29) is 11.9 Å². The van der Waals surface area contributed by atoms with Gasteiger partial charge in [0.05, 0.1) is 17.0 Å². The van der Waals surface area contributed by atoms with Crippen LogP contribution in [0.5, 0.6) is 0 Å². The van der Waals surface area contributed by atoms with Crippen LogP contribution in [0.25, 0.3) is 10.3 Å². The summed E-state index contributed by atoms with van der Waals surface area (Å²) in [5.41, 5.74) is 2.84. The highest BCUT2D eigenvalue weighted by Gasteiger charge is 2.33. The average molecular weight is 426 g/mol. The second-order valence-electron chi connectivity index (χ2n) is 7.39. The van der Waals surface area contributed by atoms with Crippen molar-refractivity contribution in [2.45, 2.75) is 45.2 Å². The van der Waals surface area contributed by atoms with Gasteiger partial charge in [-0.2, -0.15) is 4.98 Å². The first-order valence-corrected chi connectivity index (χ1v) is 11.2. The van der Waals surface area contributed by atoms with Gasteiger partial charge in [0.15, 0.2) is 10.8 Å². The number of methoxy groups -OCH3 is 1. The lowest BCUT2D eigenvalue weighted by Gasteiger charge is -2.23. The molecule has 0 unspecified atom stereocenters. The van der Waals surface area contributed by atoms with E-state index in [9.17, 15) is 4.79 Å². The number of thiazole rings is 1. The van der Waals surface area contributed by atoms with Crippen molar-refractivity contribution in [1.82, 2.24) is 20.3 Å². The van der Waals surface area contributed by atoms with Crippen LogP contribution in [0.2, 0.25) is 0 Å². The van der Waals surface area contributed by atoms with Gasteiger partial charge in [-0.1, -0.05) is 48.6 Å². The van der Waals surface area contributed by atoms with Crippen LogP contribution in [-0.2, 0) is 28.9 Å². The molecule has 0 bridgehead atoms. The first kappa shape index (κ1) is 20.7. The Labute approximate surface area is 180 Å². The highest BCUT2D eigenvalue weighted by molar-refractivity contribution is 7.22. The Bertz CT molecular complexity index is 1010. The summed E-state index contributed by atoms with van der Waals surface area (Å²) < 4.78 is 6.18. The van der Waals surface area contributed by atoms with E-state index in [4.69, 9.17) is 14.7 Å². The molecule has 4 rings (SSSR count). The molecule has 158 valence electrons. The third kappa shape index (κ3) is 4.44. The van der Waals surface area contributed by atoms with Crippen molar-refractivity contribution in [1.29, 1.82) is 0 Å². The molecule has 0 spiro atoms. The van der Waals surface area contributed by atoms with Crippen molar-refractivity contribution in [2.75, 3.05) is 25.2 Å². The summed E-state index contributed by atoms with van der Waals surface area (Å²) >= 11 is 1.59. The predicted octanol–water partition coefficient (Wildman–Crippen LogP) is 3.12. The SMILES string of the molecule is CCc1nc(CCOC)nc2nc(N3CCC[C@@H]3C(=O)NCc3ccccc3)sc12. The van der Waals surface area contributed by atoms with Gasteiger partial charge in [-0.05, 0) is 24.8 Å². The summed E-state index contributed by atoms with van der Waals surface area (Å²) in [6, 6.07) is 9.79. The van der Waals surface area contributed by atoms with E-state index in [2.05, 4.69) is 22.1 Å². The lowest BCUT2D eigenvalue weighted by atomic mass is 10.2. The second-order valence-corrected chi connectivity index (χ2v) is 8.36. The molecule has 2 aromatic heterocycles. The minimum absolute atomic E-state index is 0.0539. The Morgan fingerprint density at radius 2 is 2.10 bits per heavy atom. The van der Waals surface area contributed by atoms with Crippen LogP contribution in [-0.4, -0.2) is 47.2 Å². The van der Waals surface area contributed by atoms with Crippen molar-refractivity contribution in [3.8, 4) is 0 Å². The number of nitrogens with one attached hydrogen (secondary N) is 1. The number of nitrogens with zero attached hydrogens (tertiary/aromatic N) is 4. The predicted molar refractivity (Wildman–Crippen MR) is 119 cm³/mol. The molecule has 0 aliphatic carbocycles. The molecule has 1 saturated heterocycles. The Hall–Kier alpha value is -2.58. The average Bonchev–Trinajstić information content (AvgIpc) is 3.43. The fourth-order valence-corrected chi connectivity index (χ4v) is 4.90. The number of hydrogen-bond donors (Lipinski definition) is 1. The van der Waals surface area contributed by atoms with Crippen LogP contribution in [0.4, 0.5) is 5.13 Å². The molecule has 1 amide bonds. The fourth-order valence-electron chi connectivity index (χ4n) is 3.76. The fraction of sp³-hybridized carbons (Fsp3) is 0.455. The van der Waals surface area contributed by atoms with Crippen LogP contribution in [0, 0.1) is 0 Å². The zero-order valence-electron chi connectivity index (χ0n) is 17.4. The summed E-state index contributed by atoms with van der Waals surface area (Å²) in [5.74, 6) is 0.815. The van der Waals surface area contributed by atoms with E-state index in [1.54, 1.807) is 18.4 Å². The second kappa shape index (κ2) is 9.49.